The molecule has 0 bridgehead atoms. The summed E-state index contributed by atoms with van der Waals surface area (Å²) in [6, 6.07) is 8.60. The molecule has 0 saturated carbocycles. The van der Waals surface area contributed by atoms with Crippen LogP contribution in [-0.4, -0.2) is 75.8 Å². The molecule has 2 aliphatic heterocycles. The van der Waals surface area contributed by atoms with Gasteiger partial charge < -0.3 is 19.3 Å². The van der Waals surface area contributed by atoms with Crippen LogP contribution in [0.25, 0.3) is 0 Å². The normalized spacial score (nSPS) is 20.6. The Bertz CT molecular complexity index is 863. The van der Waals surface area contributed by atoms with Gasteiger partial charge in [-0.1, -0.05) is 18.2 Å². The molecule has 148 valence electrons. The number of carbonyl (C=O) groups is 2. The van der Waals surface area contributed by atoms with Crippen molar-refractivity contribution in [2.24, 2.45) is 7.05 Å². The highest BCUT2D eigenvalue weighted by atomic mass is 16.2. The van der Waals surface area contributed by atoms with E-state index in [0.29, 0.717) is 25.1 Å². The molecule has 1 unspecified atom stereocenters. The molecule has 1 aromatic carbocycles. The van der Waals surface area contributed by atoms with Crippen LogP contribution in [0.15, 0.2) is 36.7 Å². The topological polar surface area (TPSA) is 61.7 Å². The van der Waals surface area contributed by atoms with E-state index in [9.17, 15) is 9.59 Å². The van der Waals surface area contributed by atoms with Crippen molar-refractivity contribution in [3.8, 4) is 0 Å². The number of imidazole rings is 1. The molecule has 0 spiro atoms. The monoisotopic (exact) mass is 381 g/mol. The van der Waals surface area contributed by atoms with Crippen molar-refractivity contribution >= 4 is 11.8 Å². The van der Waals surface area contributed by atoms with Crippen molar-refractivity contribution < 1.29 is 9.59 Å². The SMILES string of the molecule is CN1CCCN(C(=O)C2c3c(ncn3C)CCN2C(=O)c2ccccc2)CC1. The molecule has 7 heteroatoms. The van der Waals surface area contributed by atoms with Crippen LogP contribution in [-0.2, 0) is 18.3 Å². The van der Waals surface area contributed by atoms with E-state index in [1.807, 2.05) is 46.8 Å². The van der Waals surface area contributed by atoms with E-state index in [-0.39, 0.29) is 11.8 Å². The van der Waals surface area contributed by atoms with Crippen LogP contribution in [0.4, 0.5) is 0 Å². The minimum atomic E-state index is -0.618. The molecule has 7 nitrogen and oxygen atoms in total. The summed E-state index contributed by atoms with van der Waals surface area (Å²) >= 11 is 0. The molecule has 28 heavy (non-hydrogen) atoms. The lowest BCUT2D eigenvalue weighted by Gasteiger charge is -2.37. The van der Waals surface area contributed by atoms with Crippen LogP contribution >= 0.6 is 0 Å². The van der Waals surface area contributed by atoms with Gasteiger partial charge in [0.05, 0.1) is 17.7 Å². The third-order valence-electron chi connectivity index (χ3n) is 5.77. The van der Waals surface area contributed by atoms with Crippen molar-refractivity contribution in [3.05, 3.63) is 53.6 Å². The fraction of sp³-hybridized carbons (Fsp3) is 0.476. The van der Waals surface area contributed by atoms with Gasteiger partial charge in [0.2, 0.25) is 0 Å². The van der Waals surface area contributed by atoms with Gasteiger partial charge in [-0.3, -0.25) is 9.59 Å². The number of amides is 2. The molecular weight excluding hydrogens is 354 g/mol. The van der Waals surface area contributed by atoms with Gasteiger partial charge in [-0.05, 0) is 32.1 Å². The Balaban J connectivity index is 1.69. The van der Waals surface area contributed by atoms with Crippen LogP contribution < -0.4 is 0 Å². The molecule has 1 atom stereocenters. The Morgan fingerprint density at radius 2 is 1.79 bits per heavy atom. The lowest BCUT2D eigenvalue weighted by atomic mass is 9.99. The Morgan fingerprint density at radius 3 is 2.57 bits per heavy atom. The number of fused-ring (bicyclic) bond motifs is 1. The largest absolute Gasteiger partial charge is 0.339 e. The molecular formula is C21H27N5O2. The zero-order chi connectivity index (χ0) is 19.7. The molecule has 2 aliphatic rings. The van der Waals surface area contributed by atoms with Crippen LogP contribution in [0.3, 0.4) is 0 Å². The van der Waals surface area contributed by atoms with Gasteiger partial charge in [-0.15, -0.1) is 0 Å². The van der Waals surface area contributed by atoms with Crippen molar-refractivity contribution in [2.45, 2.75) is 18.9 Å². The Labute approximate surface area is 165 Å². The summed E-state index contributed by atoms with van der Waals surface area (Å²) in [6.45, 7) is 3.75. The number of rotatable bonds is 2. The summed E-state index contributed by atoms with van der Waals surface area (Å²) in [4.78, 5) is 37.3. The number of benzene rings is 1. The molecule has 4 rings (SSSR count). The second kappa shape index (κ2) is 7.75. The van der Waals surface area contributed by atoms with Gasteiger partial charge in [0.15, 0.2) is 6.04 Å². The standard InChI is InChI=1S/C21H27N5O2/c1-23-10-6-11-25(14-13-23)21(28)19-18-17(22-15-24(18)2)9-12-26(19)20(27)16-7-4-3-5-8-16/h3-5,7-8,15,19H,6,9-14H2,1-2H3. The molecule has 1 aromatic heterocycles. The van der Waals surface area contributed by atoms with Gasteiger partial charge in [0.25, 0.3) is 11.8 Å². The second-order valence-electron chi connectivity index (χ2n) is 7.69. The highest BCUT2D eigenvalue weighted by molar-refractivity contribution is 5.98. The highest BCUT2D eigenvalue weighted by Crippen LogP contribution is 2.32. The molecule has 3 heterocycles. The summed E-state index contributed by atoms with van der Waals surface area (Å²) in [5, 5.41) is 0. The van der Waals surface area contributed by atoms with Crippen molar-refractivity contribution in [1.29, 1.82) is 0 Å². The number of aryl methyl sites for hydroxylation is 1. The van der Waals surface area contributed by atoms with Gasteiger partial charge >= 0.3 is 0 Å². The van der Waals surface area contributed by atoms with Crippen molar-refractivity contribution in [2.75, 3.05) is 39.8 Å². The maximum Gasteiger partial charge on any atom is 0.254 e. The summed E-state index contributed by atoms with van der Waals surface area (Å²) in [5.74, 6) is -0.0955. The summed E-state index contributed by atoms with van der Waals surface area (Å²) in [7, 11) is 3.98. The summed E-state index contributed by atoms with van der Waals surface area (Å²) in [6.07, 6.45) is 3.36. The fourth-order valence-corrected chi connectivity index (χ4v) is 4.19. The van der Waals surface area contributed by atoms with Gasteiger partial charge in [-0.2, -0.15) is 0 Å². The predicted molar refractivity (Wildman–Crippen MR) is 106 cm³/mol. The first-order chi connectivity index (χ1) is 13.6. The van der Waals surface area contributed by atoms with Crippen LogP contribution in [0.2, 0.25) is 0 Å². The Kier molecular flexibility index (Phi) is 5.17. The second-order valence-corrected chi connectivity index (χ2v) is 7.69. The number of likely N-dealkylation sites (N-methyl/N-ethyl adjacent to an activating group) is 1. The minimum absolute atomic E-state index is 0.00383. The maximum absolute atomic E-state index is 13.6. The third kappa shape index (κ3) is 3.42. The van der Waals surface area contributed by atoms with Crippen LogP contribution in [0.1, 0.15) is 34.2 Å². The lowest BCUT2D eigenvalue weighted by Crippen LogP contribution is -2.49. The molecule has 2 amide bonds. The minimum Gasteiger partial charge on any atom is -0.339 e. The predicted octanol–water partition coefficient (Wildman–Crippen LogP) is 1.32. The van der Waals surface area contributed by atoms with Gasteiger partial charge in [0.1, 0.15) is 0 Å². The van der Waals surface area contributed by atoms with Gasteiger partial charge in [-0.25, -0.2) is 4.98 Å². The summed E-state index contributed by atoms with van der Waals surface area (Å²) < 4.78 is 1.90. The van der Waals surface area contributed by atoms with Crippen LogP contribution in [0.5, 0.6) is 0 Å². The summed E-state index contributed by atoms with van der Waals surface area (Å²) in [5.41, 5.74) is 2.38. The maximum atomic E-state index is 13.6. The first-order valence-electron chi connectivity index (χ1n) is 9.89. The molecule has 2 aromatic rings. The van der Waals surface area contributed by atoms with E-state index in [1.54, 1.807) is 11.2 Å². The average Bonchev–Trinajstić information content (AvgIpc) is 2.96. The molecule has 1 saturated heterocycles. The number of hydrogen-bond acceptors (Lipinski definition) is 4. The highest BCUT2D eigenvalue weighted by Gasteiger charge is 2.41. The van der Waals surface area contributed by atoms with Crippen LogP contribution in [0, 0.1) is 0 Å². The molecule has 1 fully saturated rings. The van der Waals surface area contributed by atoms with E-state index in [0.717, 1.165) is 37.4 Å². The number of hydrogen-bond donors (Lipinski definition) is 0. The molecule has 0 N–H and O–H groups in total. The number of aromatic nitrogens is 2. The van der Waals surface area contributed by atoms with E-state index in [2.05, 4.69) is 16.9 Å². The lowest BCUT2D eigenvalue weighted by molar-refractivity contribution is -0.136. The smallest absolute Gasteiger partial charge is 0.254 e. The Hall–Kier alpha value is -2.67. The van der Waals surface area contributed by atoms with Gasteiger partial charge in [0, 0.05) is 45.2 Å². The quantitative estimate of drug-likeness (QED) is 0.787. The van der Waals surface area contributed by atoms with Crippen molar-refractivity contribution in [3.63, 3.8) is 0 Å². The van der Waals surface area contributed by atoms with E-state index >= 15 is 0 Å². The van der Waals surface area contributed by atoms with E-state index in [4.69, 9.17) is 0 Å². The third-order valence-corrected chi connectivity index (χ3v) is 5.77. The van der Waals surface area contributed by atoms with E-state index < -0.39 is 6.04 Å². The van der Waals surface area contributed by atoms with E-state index in [1.165, 1.54) is 0 Å². The number of nitrogens with zero attached hydrogens (tertiary/aromatic N) is 5. The Morgan fingerprint density at radius 1 is 1.00 bits per heavy atom. The average molecular weight is 381 g/mol. The number of carbonyl (C=O) groups excluding carboxylic acids is 2. The fourth-order valence-electron chi connectivity index (χ4n) is 4.19. The molecule has 0 radical (unpaired) electrons. The first-order valence-corrected chi connectivity index (χ1v) is 9.89. The molecule has 0 aliphatic carbocycles. The van der Waals surface area contributed by atoms with Crippen molar-refractivity contribution in [1.82, 2.24) is 24.3 Å². The first kappa shape index (κ1) is 18.7. The zero-order valence-electron chi connectivity index (χ0n) is 16.5. The zero-order valence-corrected chi connectivity index (χ0v) is 16.5.